The van der Waals surface area contributed by atoms with Crippen molar-refractivity contribution in [3.05, 3.63) is 29.6 Å². The molecular formula is C9H16ClN3. The van der Waals surface area contributed by atoms with E-state index >= 15 is 0 Å². The first-order valence-corrected chi connectivity index (χ1v) is 4.12. The second kappa shape index (κ2) is 5.91. The largest absolute Gasteiger partial charge is 0.328 e. The van der Waals surface area contributed by atoms with Gasteiger partial charge in [-0.05, 0) is 25.0 Å². The van der Waals surface area contributed by atoms with Crippen LogP contribution < -0.4 is 11.5 Å². The lowest BCUT2D eigenvalue weighted by atomic mass is 10.1. The molecular weight excluding hydrogens is 186 g/mol. The zero-order valence-electron chi connectivity index (χ0n) is 7.73. The van der Waals surface area contributed by atoms with Gasteiger partial charge in [0, 0.05) is 18.8 Å². The van der Waals surface area contributed by atoms with Crippen molar-refractivity contribution in [2.24, 2.45) is 11.5 Å². The molecule has 0 saturated carbocycles. The number of nitrogens with zero attached hydrogens (tertiary/aromatic N) is 1. The maximum Gasteiger partial charge on any atom is 0.0571 e. The molecule has 0 aliphatic carbocycles. The average molecular weight is 202 g/mol. The van der Waals surface area contributed by atoms with Gasteiger partial charge in [0.05, 0.1) is 5.69 Å². The predicted molar refractivity (Wildman–Crippen MR) is 56.7 cm³/mol. The second-order valence-electron chi connectivity index (χ2n) is 2.99. The Morgan fingerprint density at radius 2 is 2.23 bits per heavy atom. The Kier molecular flexibility index (Phi) is 5.62. The molecule has 0 spiro atoms. The van der Waals surface area contributed by atoms with Crippen LogP contribution in [0.15, 0.2) is 18.3 Å². The van der Waals surface area contributed by atoms with Crippen LogP contribution in [-0.2, 0) is 13.0 Å². The van der Waals surface area contributed by atoms with Crippen LogP contribution in [0.1, 0.15) is 18.2 Å². The predicted octanol–water partition coefficient (Wildman–Crippen LogP) is 0.852. The molecule has 0 amide bonds. The number of aromatic nitrogens is 1. The number of halogens is 1. The van der Waals surface area contributed by atoms with Crippen LogP contribution in [0.5, 0.6) is 0 Å². The molecule has 0 radical (unpaired) electrons. The molecule has 1 heterocycles. The van der Waals surface area contributed by atoms with E-state index in [-0.39, 0.29) is 18.4 Å². The van der Waals surface area contributed by atoms with Gasteiger partial charge in [0.15, 0.2) is 0 Å². The zero-order valence-corrected chi connectivity index (χ0v) is 8.55. The van der Waals surface area contributed by atoms with Gasteiger partial charge in [0.1, 0.15) is 0 Å². The van der Waals surface area contributed by atoms with Crippen molar-refractivity contribution in [3.63, 3.8) is 0 Å². The summed E-state index contributed by atoms with van der Waals surface area (Å²) in [6.45, 7) is 2.47. The van der Waals surface area contributed by atoms with Gasteiger partial charge in [0.2, 0.25) is 0 Å². The third-order valence-electron chi connectivity index (χ3n) is 1.72. The van der Waals surface area contributed by atoms with Crippen molar-refractivity contribution in [3.8, 4) is 0 Å². The summed E-state index contributed by atoms with van der Waals surface area (Å²) in [6.07, 6.45) is 2.60. The number of nitrogens with two attached hydrogens (primary N) is 2. The van der Waals surface area contributed by atoms with Crippen molar-refractivity contribution >= 4 is 12.4 Å². The molecule has 74 valence electrons. The van der Waals surface area contributed by atoms with Gasteiger partial charge >= 0.3 is 0 Å². The Labute approximate surface area is 84.9 Å². The number of pyridine rings is 1. The second-order valence-corrected chi connectivity index (χ2v) is 2.99. The first-order valence-electron chi connectivity index (χ1n) is 4.12. The smallest absolute Gasteiger partial charge is 0.0571 e. The first-order chi connectivity index (χ1) is 5.74. The van der Waals surface area contributed by atoms with Gasteiger partial charge in [-0.3, -0.25) is 4.98 Å². The van der Waals surface area contributed by atoms with Gasteiger partial charge in [-0.2, -0.15) is 0 Å². The molecule has 0 aliphatic heterocycles. The Morgan fingerprint density at radius 3 is 2.77 bits per heavy atom. The highest BCUT2D eigenvalue weighted by atomic mass is 35.5. The highest BCUT2D eigenvalue weighted by molar-refractivity contribution is 5.85. The normalized spacial score (nSPS) is 11.9. The van der Waals surface area contributed by atoms with Gasteiger partial charge < -0.3 is 11.5 Å². The summed E-state index contributed by atoms with van der Waals surface area (Å²) in [4.78, 5) is 4.17. The number of hydrogen-bond donors (Lipinski definition) is 2. The van der Waals surface area contributed by atoms with Crippen molar-refractivity contribution in [2.75, 3.05) is 0 Å². The van der Waals surface area contributed by atoms with E-state index < -0.39 is 0 Å². The Morgan fingerprint density at radius 1 is 1.54 bits per heavy atom. The lowest BCUT2D eigenvalue weighted by Crippen LogP contribution is -2.19. The fourth-order valence-corrected chi connectivity index (χ4v) is 1.19. The molecule has 0 fully saturated rings. The van der Waals surface area contributed by atoms with Crippen LogP contribution in [0.25, 0.3) is 0 Å². The first kappa shape index (κ1) is 12.4. The summed E-state index contributed by atoms with van der Waals surface area (Å²) in [5.41, 5.74) is 13.3. The standard InChI is InChI=1S/C9H15N3.ClH/c1-7(11)5-8-3-2-4-12-9(8)6-10;/h2-4,7H,5-6,10-11H2,1H3;1H. The summed E-state index contributed by atoms with van der Waals surface area (Å²) >= 11 is 0. The minimum atomic E-state index is 0. The molecule has 1 atom stereocenters. The summed E-state index contributed by atoms with van der Waals surface area (Å²) in [7, 11) is 0. The lowest BCUT2D eigenvalue weighted by Gasteiger charge is -2.08. The van der Waals surface area contributed by atoms with E-state index in [1.807, 2.05) is 19.1 Å². The molecule has 4 heteroatoms. The maximum absolute atomic E-state index is 5.68. The van der Waals surface area contributed by atoms with Crippen LogP contribution in [0.2, 0.25) is 0 Å². The Balaban J connectivity index is 0.00000144. The molecule has 1 unspecified atom stereocenters. The summed E-state index contributed by atoms with van der Waals surface area (Å²) in [6, 6.07) is 4.11. The SMILES string of the molecule is CC(N)Cc1cccnc1CN.Cl. The Hall–Kier alpha value is -0.640. The van der Waals surface area contributed by atoms with Gasteiger partial charge in [-0.1, -0.05) is 6.07 Å². The minimum Gasteiger partial charge on any atom is -0.328 e. The van der Waals surface area contributed by atoms with Crippen molar-refractivity contribution < 1.29 is 0 Å². The van der Waals surface area contributed by atoms with Crippen LogP contribution in [0, 0.1) is 0 Å². The fourth-order valence-electron chi connectivity index (χ4n) is 1.19. The quantitative estimate of drug-likeness (QED) is 0.762. The van der Waals surface area contributed by atoms with E-state index in [1.54, 1.807) is 6.20 Å². The Bertz CT molecular complexity index is 250. The maximum atomic E-state index is 5.68. The van der Waals surface area contributed by atoms with Gasteiger partial charge in [0.25, 0.3) is 0 Å². The van der Waals surface area contributed by atoms with E-state index in [2.05, 4.69) is 4.98 Å². The number of hydrogen-bond acceptors (Lipinski definition) is 3. The lowest BCUT2D eigenvalue weighted by molar-refractivity contribution is 0.725. The van der Waals surface area contributed by atoms with Gasteiger partial charge in [-0.15, -0.1) is 12.4 Å². The molecule has 4 N–H and O–H groups in total. The van der Waals surface area contributed by atoms with Crippen LogP contribution in [-0.4, -0.2) is 11.0 Å². The number of rotatable bonds is 3. The molecule has 13 heavy (non-hydrogen) atoms. The van der Waals surface area contributed by atoms with E-state index in [0.29, 0.717) is 6.54 Å². The van der Waals surface area contributed by atoms with E-state index in [9.17, 15) is 0 Å². The molecule has 1 aromatic rings. The summed E-state index contributed by atoms with van der Waals surface area (Å²) in [5.74, 6) is 0. The van der Waals surface area contributed by atoms with Crippen molar-refractivity contribution in [2.45, 2.75) is 25.9 Å². The molecule has 3 nitrogen and oxygen atoms in total. The van der Waals surface area contributed by atoms with Crippen LogP contribution >= 0.6 is 12.4 Å². The summed E-state index contributed by atoms with van der Waals surface area (Å²) in [5, 5.41) is 0. The molecule has 0 saturated heterocycles. The van der Waals surface area contributed by atoms with E-state index in [4.69, 9.17) is 11.5 Å². The minimum absolute atomic E-state index is 0. The van der Waals surface area contributed by atoms with Gasteiger partial charge in [-0.25, -0.2) is 0 Å². The highest BCUT2D eigenvalue weighted by Gasteiger charge is 2.02. The van der Waals surface area contributed by atoms with E-state index in [0.717, 1.165) is 17.7 Å². The third kappa shape index (κ3) is 3.72. The third-order valence-corrected chi connectivity index (χ3v) is 1.72. The van der Waals surface area contributed by atoms with Crippen LogP contribution in [0.3, 0.4) is 0 Å². The topological polar surface area (TPSA) is 64.9 Å². The van der Waals surface area contributed by atoms with Crippen molar-refractivity contribution in [1.82, 2.24) is 4.98 Å². The molecule has 1 aromatic heterocycles. The molecule has 0 aromatic carbocycles. The van der Waals surface area contributed by atoms with Crippen molar-refractivity contribution in [1.29, 1.82) is 0 Å². The zero-order chi connectivity index (χ0) is 8.97. The van der Waals surface area contributed by atoms with E-state index in [1.165, 1.54) is 0 Å². The summed E-state index contributed by atoms with van der Waals surface area (Å²) < 4.78 is 0. The molecule has 0 aliphatic rings. The molecule has 1 rings (SSSR count). The average Bonchev–Trinajstić information content (AvgIpc) is 2.04. The van der Waals surface area contributed by atoms with Crippen LogP contribution in [0.4, 0.5) is 0 Å². The monoisotopic (exact) mass is 201 g/mol. The fraction of sp³-hybridized carbons (Fsp3) is 0.444. The molecule has 0 bridgehead atoms. The highest BCUT2D eigenvalue weighted by Crippen LogP contribution is 2.06.